The van der Waals surface area contributed by atoms with Crippen molar-refractivity contribution in [3.05, 3.63) is 121 Å². The van der Waals surface area contributed by atoms with E-state index in [2.05, 4.69) is 12.2 Å². The number of methoxy groups -OCH3 is 1. The Morgan fingerprint density at radius 2 is 1.69 bits per heavy atom. The van der Waals surface area contributed by atoms with Crippen LogP contribution in [0.3, 0.4) is 0 Å². The predicted molar refractivity (Wildman–Crippen MR) is 194 cm³/mol. The summed E-state index contributed by atoms with van der Waals surface area (Å²) in [6, 6.07) is 15.2. The van der Waals surface area contributed by atoms with Crippen LogP contribution in [0.4, 0.5) is 14.6 Å². The van der Waals surface area contributed by atoms with Gasteiger partial charge in [-0.05, 0) is 91.1 Å². The second-order valence-corrected chi connectivity index (χ2v) is 13.5. The van der Waals surface area contributed by atoms with Gasteiger partial charge in [0.05, 0.1) is 42.4 Å². The summed E-state index contributed by atoms with van der Waals surface area (Å²) in [6.45, 7) is 5.82. The van der Waals surface area contributed by atoms with E-state index in [1.54, 1.807) is 42.5 Å². The summed E-state index contributed by atoms with van der Waals surface area (Å²) >= 11 is 0. The molecule has 0 aliphatic heterocycles. The van der Waals surface area contributed by atoms with Crippen LogP contribution >= 0.6 is 0 Å². The fraction of sp³-hybridized carbons (Fsp3) is 0.308. The number of anilines is 1. The molecule has 3 aromatic carbocycles. The maximum Gasteiger partial charge on any atom is 0.332 e. The molecule has 51 heavy (non-hydrogen) atoms. The Kier molecular flexibility index (Phi) is 9.86. The highest BCUT2D eigenvalue weighted by atomic mass is 19.2. The molecule has 264 valence electrons. The van der Waals surface area contributed by atoms with Crippen LogP contribution in [0.2, 0.25) is 0 Å². The van der Waals surface area contributed by atoms with E-state index in [1.807, 2.05) is 13.8 Å². The molecule has 0 radical (unpaired) electrons. The van der Waals surface area contributed by atoms with Crippen molar-refractivity contribution in [1.29, 1.82) is 5.41 Å². The Labute approximate surface area is 293 Å². The molecule has 10 nitrogen and oxygen atoms in total. The van der Waals surface area contributed by atoms with Gasteiger partial charge >= 0.3 is 5.69 Å². The number of carbonyl (C=O) groups excluding carboxylic acids is 1. The minimum absolute atomic E-state index is 0.0721. The molecule has 1 aliphatic rings. The molecule has 12 heteroatoms. The highest BCUT2D eigenvalue weighted by molar-refractivity contribution is 6.08. The number of nitrogens with two attached hydrogens (primary N) is 1. The molecule has 0 saturated heterocycles. The highest BCUT2D eigenvalue weighted by Gasteiger charge is 2.30. The zero-order valence-electron chi connectivity index (χ0n) is 28.9. The molecule has 2 aromatic heterocycles. The second-order valence-electron chi connectivity index (χ2n) is 13.5. The number of pyridine rings is 1. The quantitative estimate of drug-likeness (QED) is 0.127. The van der Waals surface area contributed by atoms with Crippen LogP contribution in [-0.2, 0) is 19.5 Å². The van der Waals surface area contributed by atoms with Gasteiger partial charge in [0.2, 0.25) is 0 Å². The van der Waals surface area contributed by atoms with E-state index in [0.717, 1.165) is 35.8 Å². The number of nitrogens with one attached hydrogen (secondary N) is 2. The third-order valence-corrected chi connectivity index (χ3v) is 9.33. The Morgan fingerprint density at radius 3 is 2.29 bits per heavy atom. The summed E-state index contributed by atoms with van der Waals surface area (Å²) in [7, 11) is 1.53. The lowest BCUT2D eigenvalue weighted by atomic mass is 9.90. The number of amides is 1. The van der Waals surface area contributed by atoms with Crippen LogP contribution in [0.5, 0.6) is 5.75 Å². The van der Waals surface area contributed by atoms with Crippen LogP contribution in [0.15, 0.2) is 70.3 Å². The summed E-state index contributed by atoms with van der Waals surface area (Å²) in [4.78, 5) is 46.4. The molecule has 1 aliphatic carbocycles. The zero-order valence-corrected chi connectivity index (χ0v) is 28.9. The van der Waals surface area contributed by atoms with Crippen molar-refractivity contribution in [3.63, 3.8) is 0 Å². The van der Waals surface area contributed by atoms with Gasteiger partial charge in [-0.1, -0.05) is 38.1 Å². The lowest BCUT2D eigenvalue weighted by molar-refractivity contribution is 0.0999. The standard InChI is InChI=1S/C39H40F2N6O4/c1-21(2)15-32-35(36(43)48)34(29(18-42)37(45-32)44-22(3)25-8-9-25)26-10-14-33-28(17-26)38(49)47(19-23-5-11-27(51-4)12-6-23)39(50)46(33)20-24-7-13-30(40)31(41)16-24/h5-7,10-14,16-18,21-22,25,42H,8-9,15,19-20H2,1-4H3,(H2,43,48)(H,44,45). The number of primary amides is 1. The molecule has 6 rings (SSSR count). The van der Waals surface area contributed by atoms with Crippen molar-refractivity contribution in [2.75, 3.05) is 12.4 Å². The Hall–Kier alpha value is -5.65. The summed E-state index contributed by atoms with van der Waals surface area (Å²) in [6.07, 6.45) is 3.73. The number of aromatic nitrogens is 3. The summed E-state index contributed by atoms with van der Waals surface area (Å²) < 4.78 is 35.8. The van der Waals surface area contributed by atoms with Crippen LogP contribution < -0.4 is 27.0 Å². The predicted octanol–water partition coefficient (Wildman–Crippen LogP) is 6.11. The maximum absolute atomic E-state index is 14.3. The average Bonchev–Trinajstić information content (AvgIpc) is 3.96. The largest absolute Gasteiger partial charge is 0.497 e. The number of ether oxygens (including phenoxy) is 1. The van der Waals surface area contributed by atoms with Gasteiger partial charge in [0.25, 0.3) is 11.5 Å². The number of fused-ring (bicyclic) bond motifs is 1. The maximum atomic E-state index is 14.3. The molecule has 1 fully saturated rings. The molecular weight excluding hydrogens is 654 g/mol. The van der Waals surface area contributed by atoms with E-state index in [-0.39, 0.29) is 41.5 Å². The minimum atomic E-state index is -1.06. The number of hydrogen-bond donors (Lipinski definition) is 3. The molecule has 0 spiro atoms. The molecule has 1 saturated carbocycles. The molecule has 4 N–H and O–H groups in total. The second kappa shape index (κ2) is 14.3. The van der Waals surface area contributed by atoms with Crippen molar-refractivity contribution >= 4 is 28.8 Å². The number of benzene rings is 3. The van der Waals surface area contributed by atoms with Crippen LogP contribution in [-0.4, -0.2) is 39.4 Å². The fourth-order valence-corrected chi connectivity index (χ4v) is 6.53. The molecule has 2 heterocycles. The van der Waals surface area contributed by atoms with E-state index < -0.39 is 28.8 Å². The lowest BCUT2D eigenvalue weighted by Crippen LogP contribution is -2.40. The molecule has 1 amide bonds. The van der Waals surface area contributed by atoms with Gasteiger partial charge in [0, 0.05) is 23.4 Å². The van der Waals surface area contributed by atoms with Gasteiger partial charge < -0.3 is 21.2 Å². The smallest absolute Gasteiger partial charge is 0.332 e. The van der Waals surface area contributed by atoms with E-state index >= 15 is 0 Å². The van der Waals surface area contributed by atoms with Crippen molar-refractivity contribution in [2.24, 2.45) is 17.6 Å². The number of carbonyl (C=O) groups is 1. The van der Waals surface area contributed by atoms with Crippen LogP contribution in [0, 0.1) is 28.9 Å². The Bertz CT molecular complexity index is 2280. The first kappa shape index (κ1) is 35.2. The van der Waals surface area contributed by atoms with Gasteiger partial charge in [0.1, 0.15) is 11.6 Å². The van der Waals surface area contributed by atoms with Gasteiger partial charge in [0.15, 0.2) is 11.6 Å². The Balaban J connectivity index is 1.61. The molecular formula is C39H40F2N6O4. The molecule has 1 unspecified atom stereocenters. The van der Waals surface area contributed by atoms with E-state index in [9.17, 15) is 23.2 Å². The van der Waals surface area contributed by atoms with Crippen LogP contribution in [0.25, 0.3) is 22.0 Å². The van der Waals surface area contributed by atoms with Gasteiger partial charge in [-0.2, -0.15) is 0 Å². The number of nitrogens with zero attached hydrogens (tertiary/aromatic N) is 3. The van der Waals surface area contributed by atoms with Crippen molar-refractivity contribution in [2.45, 2.75) is 59.2 Å². The van der Waals surface area contributed by atoms with Gasteiger partial charge in [-0.3, -0.25) is 18.7 Å². The average molecular weight is 695 g/mol. The Morgan fingerprint density at radius 1 is 1.00 bits per heavy atom. The summed E-state index contributed by atoms with van der Waals surface area (Å²) in [5, 5.41) is 12.1. The van der Waals surface area contributed by atoms with Gasteiger partial charge in [-0.15, -0.1) is 0 Å². The zero-order chi connectivity index (χ0) is 36.6. The highest BCUT2D eigenvalue weighted by Crippen LogP contribution is 2.38. The number of hydrogen-bond acceptors (Lipinski definition) is 7. The molecule has 0 bridgehead atoms. The first-order valence-electron chi connectivity index (χ1n) is 16.9. The summed E-state index contributed by atoms with van der Waals surface area (Å²) in [5.41, 5.74) is 7.76. The minimum Gasteiger partial charge on any atom is -0.497 e. The van der Waals surface area contributed by atoms with E-state index in [0.29, 0.717) is 57.4 Å². The normalized spacial score (nSPS) is 13.4. The summed E-state index contributed by atoms with van der Waals surface area (Å²) in [5.74, 6) is -1.17. The topological polar surface area (TPSA) is 145 Å². The monoisotopic (exact) mass is 694 g/mol. The van der Waals surface area contributed by atoms with E-state index in [4.69, 9.17) is 20.9 Å². The first-order valence-corrected chi connectivity index (χ1v) is 16.9. The van der Waals surface area contributed by atoms with E-state index in [1.165, 1.54) is 17.7 Å². The third kappa shape index (κ3) is 7.17. The van der Waals surface area contributed by atoms with Crippen molar-refractivity contribution in [1.82, 2.24) is 14.1 Å². The third-order valence-electron chi connectivity index (χ3n) is 9.33. The number of rotatable bonds is 13. The fourth-order valence-electron chi connectivity index (χ4n) is 6.53. The number of halogens is 2. The SMILES string of the molecule is COc1ccc(Cn2c(=O)c3cc(-c4c(C=N)c(NC(C)C5CC5)nc(CC(C)C)c4C(N)=O)ccc3n(Cc3ccc(F)c(F)c3)c2=O)cc1. The molecule has 1 atom stereocenters. The molecule has 5 aromatic rings. The van der Waals surface area contributed by atoms with Crippen molar-refractivity contribution in [3.8, 4) is 16.9 Å². The van der Waals surface area contributed by atoms with Crippen LogP contribution in [0.1, 0.15) is 66.4 Å². The first-order chi connectivity index (χ1) is 24.4. The van der Waals surface area contributed by atoms with Crippen molar-refractivity contribution < 1.29 is 18.3 Å². The lowest BCUT2D eigenvalue weighted by Gasteiger charge is -2.23. The van der Waals surface area contributed by atoms with Gasteiger partial charge in [-0.25, -0.2) is 18.6 Å².